The van der Waals surface area contributed by atoms with E-state index in [0.717, 1.165) is 12.0 Å². The van der Waals surface area contributed by atoms with Crippen LogP contribution in [0.2, 0.25) is 0 Å². The Kier molecular flexibility index (Phi) is 5.82. The molecule has 0 aliphatic heterocycles. The molecule has 3 heteroatoms. The van der Waals surface area contributed by atoms with Gasteiger partial charge in [0.15, 0.2) is 0 Å². The van der Waals surface area contributed by atoms with Crippen LogP contribution in [0.4, 0.5) is 0 Å². The minimum absolute atomic E-state index is 0.282. The molecular formula is C23H23NO2. The molecule has 0 radical (unpaired) electrons. The van der Waals surface area contributed by atoms with Crippen LogP contribution < -0.4 is 5.73 Å². The third-order valence-corrected chi connectivity index (χ3v) is 4.64. The van der Waals surface area contributed by atoms with E-state index in [1.165, 1.54) is 16.7 Å². The van der Waals surface area contributed by atoms with Crippen molar-refractivity contribution in [2.45, 2.75) is 24.8 Å². The molecule has 0 saturated carbocycles. The van der Waals surface area contributed by atoms with Gasteiger partial charge < -0.3 is 10.8 Å². The number of hydrogen-bond acceptors (Lipinski definition) is 2. The van der Waals surface area contributed by atoms with E-state index in [1.807, 2.05) is 24.3 Å². The van der Waals surface area contributed by atoms with E-state index < -0.39 is 12.0 Å². The highest BCUT2D eigenvalue weighted by Crippen LogP contribution is 2.28. The van der Waals surface area contributed by atoms with E-state index in [1.54, 1.807) is 0 Å². The molecule has 0 fully saturated rings. The van der Waals surface area contributed by atoms with Crippen LogP contribution in [0.25, 0.3) is 0 Å². The summed E-state index contributed by atoms with van der Waals surface area (Å²) in [5.41, 5.74) is 10.4. The maximum Gasteiger partial charge on any atom is 0.320 e. The van der Waals surface area contributed by atoms with Crippen molar-refractivity contribution in [3.05, 3.63) is 107 Å². The van der Waals surface area contributed by atoms with Crippen LogP contribution in [-0.4, -0.2) is 17.1 Å². The third-order valence-electron chi connectivity index (χ3n) is 4.64. The average Bonchev–Trinajstić information content (AvgIpc) is 2.68. The Morgan fingerprint density at radius 2 is 1.15 bits per heavy atom. The molecule has 0 aromatic heterocycles. The number of carboxylic acid groups (broad SMARTS) is 1. The lowest BCUT2D eigenvalue weighted by atomic mass is 9.86. The van der Waals surface area contributed by atoms with Gasteiger partial charge >= 0.3 is 5.97 Å². The van der Waals surface area contributed by atoms with E-state index in [9.17, 15) is 4.79 Å². The average molecular weight is 345 g/mol. The molecule has 1 atom stereocenters. The van der Waals surface area contributed by atoms with Gasteiger partial charge in [-0.15, -0.1) is 0 Å². The van der Waals surface area contributed by atoms with Crippen molar-refractivity contribution in [3.63, 3.8) is 0 Å². The Balaban J connectivity index is 1.80. The molecule has 3 rings (SSSR count). The van der Waals surface area contributed by atoms with E-state index >= 15 is 0 Å². The van der Waals surface area contributed by atoms with Crippen LogP contribution in [0, 0.1) is 0 Å². The molecule has 0 bridgehead atoms. The number of hydrogen-bond donors (Lipinski definition) is 2. The first kappa shape index (κ1) is 17.9. The second-order valence-corrected chi connectivity index (χ2v) is 6.54. The zero-order valence-corrected chi connectivity index (χ0v) is 14.6. The summed E-state index contributed by atoms with van der Waals surface area (Å²) in [6, 6.07) is 28.3. The lowest BCUT2D eigenvalue weighted by Gasteiger charge is -2.18. The largest absolute Gasteiger partial charge is 0.480 e. The molecule has 0 aliphatic carbocycles. The first-order valence-electron chi connectivity index (χ1n) is 8.79. The second kappa shape index (κ2) is 8.45. The number of carboxylic acids is 1. The highest BCUT2D eigenvalue weighted by molar-refractivity contribution is 5.73. The maximum atomic E-state index is 10.9. The summed E-state index contributed by atoms with van der Waals surface area (Å²) in [6.07, 6.45) is 1.23. The lowest BCUT2D eigenvalue weighted by Crippen LogP contribution is -2.32. The van der Waals surface area contributed by atoms with Gasteiger partial charge in [0.25, 0.3) is 0 Å². The molecule has 0 spiro atoms. The maximum absolute atomic E-state index is 10.9. The van der Waals surface area contributed by atoms with Crippen LogP contribution in [0.1, 0.15) is 28.2 Å². The van der Waals surface area contributed by atoms with Crippen LogP contribution in [0.5, 0.6) is 0 Å². The number of rotatable bonds is 7. The van der Waals surface area contributed by atoms with Gasteiger partial charge in [0.2, 0.25) is 0 Å². The molecule has 0 amide bonds. The minimum atomic E-state index is -0.970. The fourth-order valence-electron chi connectivity index (χ4n) is 3.19. The standard InChI is InChI=1S/C23H23NO2/c24-22(23(25)26)16-18-13-11-17(12-14-18)15-21(19-7-3-1-4-8-19)20-9-5-2-6-10-20/h1-14,21-22H,15-16,24H2,(H,25,26). The molecule has 3 nitrogen and oxygen atoms in total. The normalized spacial score (nSPS) is 12.1. The predicted octanol–water partition coefficient (Wildman–Crippen LogP) is 4.02. The lowest BCUT2D eigenvalue weighted by molar-refractivity contribution is -0.138. The summed E-state index contributed by atoms with van der Waals surface area (Å²) >= 11 is 0. The van der Waals surface area contributed by atoms with Crippen LogP contribution in [0.15, 0.2) is 84.9 Å². The molecule has 0 saturated heterocycles. The molecule has 3 aromatic rings. The fourth-order valence-corrected chi connectivity index (χ4v) is 3.19. The van der Waals surface area contributed by atoms with E-state index in [-0.39, 0.29) is 5.92 Å². The number of aliphatic carboxylic acids is 1. The van der Waals surface area contributed by atoms with Crippen molar-refractivity contribution in [3.8, 4) is 0 Å². The van der Waals surface area contributed by atoms with Gasteiger partial charge in [-0.05, 0) is 35.1 Å². The van der Waals surface area contributed by atoms with Gasteiger partial charge in [0, 0.05) is 5.92 Å². The van der Waals surface area contributed by atoms with Gasteiger partial charge in [0.1, 0.15) is 6.04 Å². The quantitative estimate of drug-likeness (QED) is 0.680. The highest BCUT2D eigenvalue weighted by atomic mass is 16.4. The number of carbonyl (C=O) groups is 1. The van der Waals surface area contributed by atoms with E-state index in [4.69, 9.17) is 10.8 Å². The zero-order valence-electron chi connectivity index (χ0n) is 14.6. The Morgan fingerprint density at radius 1 is 0.731 bits per heavy atom. The first-order chi connectivity index (χ1) is 12.6. The van der Waals surface area contributed by atoms with Gasteiger partial charge in [-0.3, -0.25) is 4.79 Å². The van der Waals surface area contributed by atoms with E-state index in [2.05, 4.69) is 60.7 Å². The smallest absolute Gasteiger partial charge is 0.320 e. The van der Waals surface area contributed by atoms with Crippen molar-refractivity contribution in [2.24, 2.45) is 5.73 Å². The van der Waals surface area contributed by atoms with Crippen molar-refractivity contribution in [1.82, 2.24) is 0 Å². The SMILES string of the molecule is NC(Cc1ccc(CC(c2ccccc2)c2ccccc2)cc1)C(=O)O. The Morgan fingerprint density at radius 3 is 1.58 bits per heavy atom. The van der Waals surface area contributed by atoms with Gasteiger partial charge in [-0.2, -0.15) is 0 Å². The summed E-state index contributed by atoms with van der Waals surface area (Å²) in [6.45, 7) is 0. The topological polar surface area (TPSA) is 63.3 Å². The summed E-state index contributed by atoms with van der Waals surface area (Å²) in [5, 5.41) is 8.94. The molecule has 0 heterocycles. The van der Waals surface area contributed by atoms with Crippen LogP contribution >= 0.6 is 0 Å². The monoisotopic (exact) mass is 345 g/mol. The van der Waals surface area contributed by atoms with Crippen molar-refractivity contribution >= 4 is 5.97 Å². The molecule has 26 heavy (non-hydrogen) atoms. The Hall–Kier alpha value is -2.91. The predicted molar refractivity (Wildman–Crippen MR) is 104 cm³/mol. The summed E-state index contributed by atoms with van der Waals surface area (Å²) in [7, 11) is 0. The van der Waals surface area contributed by atoms with Crippen molar-refractivity contribution in [1.29, 1.82) is 0 Å². The minimum Gasteiger partial charge on any atom is -0.480 e. The van der Waals surface area contributed by atoms with Crippen LogP contribution in [0.3, 0.4) is 0 Å². The zero-order chi connectivity index (χ0) is 18.4. The van der Waals surface area contributed by atoms with Gasteiger partial charge in [-0.1, -0.05) is 84.9 Å². The molecule has 132 valence electrons. The summed E-state index contributed by atoms with van der Waals surface area (Å²) in [5.74, 6) is -0.688. The highest BCUT2D eigenvalue weighted by Gasteiger charge is 2.15. The molecule has 1 unspecified atom stereocenters. The Bertz CT molecular complexity index is 790. The number of benzene rings is 3. The second-order valence-electron chi connectivity index (χ2n) is 6.54. The summed E-state index contributed by atoms with van der Waals surface area (Å²) < 4.78 is 0. The fraction of sp³-hybridized carbons (Fsp3) is 0.174. The van der Waals surface area contributed by atoms with Crippen LogP contribution in [-0.2, 0) is 17.6 Å². The Labute approximate surface area is 154 Å². The molecular weight excluding hydrogens is 322 g/mol. The third kappa shape index (κ3) is 4.58. The molecule has 3 N–H and O–H groups in total. The van der Waals surface area contributed by atoms with Gasteiger partial charge in [0.05, 0.1) is 0 Å². The van der Waals surface area contributed by atoms with Crippen molar-refractivity contribution in [2.75, 3.05) is 0 Å². The molecule has 3 aromatic carbocycles. The first-order valence-corrected chi connectivity index (χ1v) is 8.79. The summed E-state index contributed by atoms with van der Waals surface area (Å²) in [4.78, 5) is 10.9. The van der Waals surface area contributed by atoms with Crippen molar-refractivity contribution < 1.29 is 9.90 Å². The molecule has 0 aliphatic rings. The van der Waals surface area contributed by atoms with Gasteiger partial charge in [-0.25, -0.2) is 0 Å². The number of nitrogens with two attached hydrogens (primary N) is 1. The van der Waals surface area contributed by atoms with E-state index in [0.29, 0.717) is 6.42 Å².